The van der Waals surface area contributed by atoms with E-state index in [9.17, 15) is 4.79 Å². The standard InChI is InChI=1S/C18H18ClN5OS/c1-3-15(17(25)21-14-6-4-13(19)5-7-14)26-18-23-22-16(24(18)2)12-8-10-20-11-9-12/h4-11,15H,3H2,1-2H3,(H,21,25). The van der Waals surface area contributed by atoms with Gasteiger partial charge in [-0.2, -0.15) is 0 Å². The van der Waals surface area contributed by atoms with E-state index in [0.717, 1.165) is 11.4 Å². The van der Waals surface area contributed by atoms with E-state index in [2.05, 4.69) is 20.5 Å². The first-order valence-electron chi connectivity index (χ1n) is 8.11. The Balaban J connectivity index is 1.73. The number of benzene rings is 1. The Kier molecular flexibility index (Phi) is 5.90. The first-order valence-corrected chi connectivity index (χ1v) is 9.37. The molecule has 0 aliphatic carbocycles. The number of amides is 1. The second kappa shape index (κ2) is 8.33. The van der Waals surface area contributed by atoms with Crippen molar-refractivity contribution >= 4 is 35.0 Å². The summed E-state index contributed by atoms with van der Waals surface area (Å²) in [5.41, 5.74) is 1.65. The second-order valence-electron chi connectivity index (χ2n) is 5.61. The number of hydrogen-bond acceptors (Lipinski definition) is 5. The molecule has 3 rings (SSSR count). The fourth-order valence-electron chi connectivity index (χ4n) is 2.38. The lowest BCUT2D eigenvalue weighted by molar-refractivity contribution is -0.115. The van der Waals surface area contributed by atoms with Gasteiger partial charge in [0.05, 0.1) is 5.25 Å². The molecule has 6 nitrogen and oxygen atoms in total. The van der Waals surface area contributed by atoms with Gasteiger partial charge >= 0.3 is 0 Å². The van der Waals surface area contributed by atoms with Gasteiger partial charge in [-0.25, -0.2) is 0 Å². The maximum Gasteiger partial charge on any atom is 0.237 e. The maximum absolute atomic E-state index is 12.6. The number of nitrogens with one attached hydrogen (secondary N) is 1. The smallest absolute Gasteiger partial charge is 0.237 e. The van der Waals surface area contributed by atoms with E-state index in [1.165, 1.54) is 11.8 Å². The summed E-state index contributed by atoms with van der Waals surface area (Å²) in [7, 11) is 1.89. The third-order valence-electron chi connectivity index (χ3n) is 3.80. The summed E-state index contributed by atoms with van der Waals surface area (Å²) < 4.78 is 1.89. The third-order valence-corrected chi connectivity index (χ3v) is 5.45. The molecule has 134 valence electrons. The zero-order valence-electron chi connectivity index (χ0n) is 14.4. The Bertz CT molecular complexity index is 882. The number of anilines is 1. The predicted octanol–water partition coefficient (Wildman–Crippen LogP) is 4.04. The van der Waals surface area contributed by atoms with Crippen molar-refractivity contribution < 1.29 is 4.79 Å². The molecule has 8 heteroatoms. The van der Waals surface area contributed by atoms with E-state index in [0.29, 0.717) is 22.3 Å². The molecule has 0 aliphatic rings. The van der Waals surface area contributed by atoms with Gasteiger partial charge in [-0.15, -0.1) is 10.2 Å². The molecule has 1 unspecified atom stereocenters. The van der Waals surface area contributed by atoms with E-state index in [1.54, 1.807) is 36.7 Å². The minimum Gasteiger partial charge on any atom is -0.325 e. The van der Waals surface area contributed by atoms with Crippen LogP contribution in [0.2, 0.25) is 5.02 Å². The van der Waals surface area contributed by atoms with Crippen LogP contribution in [0, 0.1) is 0 Å². The molecule has 0 saturated carbocycles. The number of carbonyl (C=O) groups is 1. The molecule has 0 radical (unpaired) electrons. The first kappa shape index (κ1) is 18.4. The van der Waals surface area contributed by atoms with E-state index in [-0.39, 0.29) is 11.2 Å². The van der Waals surface area contributed by atoms with Crippen LogP contribution in [0.15, 0.2) is 53.9 Å². The highest BCUT2D eigenvalue weighted by Crippen LogP contribution is 2.28. The summed E-state index contributed by atoms with van der Waals surface area (Å²) in [5, 5.41) is 12.4. The molecule has 1 N–H and O–H groups in total. The Morgan fingerprint density at radius 1 is 1.19 bits per heavy atom. The normalized spacial score (nSPS) is 12.0. The largest absolute Gasteiger partial charge is 0.325 e. The van der Waals surface area contributed by atoms with Crippen molar-refractivity contribution in [1.82, 2.24) is 19.7 Å². The lowest BCUT2D eigenvalue weighted by Gasteiger charge is -2.14. The van der Waals surface area contributed by atoms with E-state index in [4.69, 9.17) is 11.6 Å². The average molecular weight is 388 g/mol. The zero-order valence-corrected chi connectivity index (χ0v) is 16.0. The van der Waals surface area contributed by atoms with Gasteiger partial charge in [0, 0.05) is 35.7 Å². The van der Waals surface area contributed by atoms with Crippen molar-refractivity contribution in [1.29, 1.82) is 0 Å². The average Bonchev–Trinajstić information content (AvgIpc) is 3.02. The van der Waals surface area contributed by atoms with Crippen molar-refractivity contribution in [2.75, 3.05) is 5.32 Å². The highest BCUT2D eigenvalue weighted by atomic mass is 35.5. The summed E-state index contributed by atoms with van der Waals surface area (Å²) in [6, 6.07) is 10.8. The second-order valence-corrected chi connectivity index (χ2v) is 7.22. The summed E-state index contributed by atoms with van der Waals surface area (Å²) in [4.78, 5) is 16.6. The molecule has 2 heterocycles. The summed E-state index contributed by atoms with van der Waals surface area (Å²) in [6.45, 7) is 1.97. The molecule has 0 saturated heterocycles. The minimum atomic E-state index is -0.279. The van der Waals surface area contributed by atoms with Gasteiger partial charge in [0.1, 0.15) is 0 Å². The molecule has 26 heavy (non-hydrogen) atoms. The van der Waals surface area contributed by atoms with Crippen LogP contribution >= 0.6 is 23.4 Å². The number of pyridine rings is 1. The molecule has 1 amide bonds. The summed E-state index contributed by atoms with van der Waals surface area (Å²) in [5.74, 6) is 0.663. The quantitative estimate of drug-likeness (QED) is 0.646. The monoisotopic (exact) mass is 387 g/mol. The molecule has 1 atom stereocenters. The van der Waals surface area contributed by atoms with Crippen LogP contribution < -0.4 is 5.32 Å². The van der Waals surface area contributed by atoms with Crippen molar-refractivity contribution in [2.24, 2.45) is 7.05 Å². The van der Waals surface area contributed by atoms with Gasteiger partial charge in [0.25, 0.3) is 0 Å². The van der Waals surface area contributed by atoms with Crippen LogP contribution in [0.25, 0.3) is 11.4 Å². The van der Waals surface area contributed by atoms with Crippen molar-refractivity contribution in [2.45, 2.75) is 23.8 Å². The van der Waals surface area contributed by atoms with Crippen molar-refractivity contribution in [3.8, 4) is 11.4 Å². The number of thioether (sulfide) groups is 1. The highest BCUT2D eigenvalue weighted by Gasteiger charge is 2.22. The van der Waals surface area contributed by atoms with E-state index < -0.39 is 0 Å². The number of nitrogens with zero attached hydrogens (tertiary/aromatic N) is 4. The van der Waals surface area contributed by atoms with Crippen LogP contribution in [0.1, 0.15) is 13.3 Å². The molecule has 2 aromatic heterocycles. The Morgan fingerprint density at radius 2 is 1.88 bits per heavy atom. The molecule has 0 fully saturated rings. The molecule has 0 aliphatic heterocycles. The fourth-order valence-corrected chi connectivity index (χ4v) is 3.42. The number of halogens is 1. The van der Waals surface area contributed by atoms with Crippen LogP contribution in [0.5, 0.6) is 0 Å². The first-order chi connectivity index (χ1) is 12.6. The number of hydrogen-bond donors (Lipinski definition) is 1. The van der Waals surface area contributed by atoms with Crippen molar-refractivity contribution in [3.63, 3.8) is 0 Å². The number of rotatable bonds is 6. The van der Waals surface area contributed by atoms with E-state index >= 15 is 0 Å². The van der Waals surface area contributed by atoms with Crippen LogP contribution in [0.3, 0.4) is 0 Å². The van der Waals surface area contributed by atoms with Crippen molar-refractivity contribution in [3.05, 3.63) is 53.8 Å². The molecule has 1 aromatic carbocycles. The van der Waals surface area contributed by atoms with Gasteiger partial charge in [-0.1, -0.05) is 30.3 Å². The molecular weight excluding hydrogens is 370 g/mol. The SMILES string of the molecule is CCC(Sc1nnc(-c2ccncc2)n1C)C(=O)Nc1ccc(Cl)cc1. The summed E-state index contributed by atoms with van der Waals surface area (Å²) >= 11 is 7.27. The lowest BCUT2D eigenvalue weighted by atomic mass is 10.2. The zero-order chi connectivity index (χ0) is 18.5. The van der Waals surface area contributed by atoms with Gasteiger partial charge in [-0.05, 0) is 42.8 Å². The fraction of sp³-hybridized carbons (Fsp3) is 0.222. The topological polar surface area (TPSA) is 72.7 Å². The molecule has 0 spiro atoms. The Hall–Kier alpha value is -2.38. The van der Waals surface area contributed by atoms with Gasteiger partial charge in [0.15, 0.2) is 11.0 Å². The highest BCUT2D eigenvalue weighted by molar-refractivity contribution is 8.00. The Labute approximate surface area is 161 Å². The van der Waals surface area contributed by atoms with E-state index in [1.807, 2.05) is 30.7 Å². The summed E-state index contributed by atoms with van der Waals surface area (Å²) in [6.07, 6.45) is 4.10. The predicted molar refractivity (Wildman–Crippen MR) is 104 cm³/mol. The van der Waals surface area contributed by atoms with Crippen LogP contribution in [-0.4, -0.2) is 30.9 Å². The molecule has 3 aromatic rings. The maximum atomic E-state index is 12.6. The Morgan fingerprint density at radius 3 is 2.54 bits per heavy atom. The number of carbonyl (C=O) groups excluding carboxylic acids is 1. The number of aromatic nitrogens is 4. The third kappa shape index (κ3) is 4.23. The van der Waals surface area contributed by atoms with Gasteiger partial charge in [0.2, 0.25) is 5.91 Å². The molecule has 0 bridgehead atoms. The minimum absolute atomic E-state index is 0.0757. The van der Waals surface area contributed by atoms with Crippen LogP contribution in [-0.2, 0) is 11.8 Å². The van der Waals surface area contributed by atoms with Gasteiger partial charge < -0.3 is 9.88 Å². The lowest BCUT2D eigenvalue weighted by Crippen LogP contribution is -2.25. The van der Waals surface area contributed by atoms with Crippen LogP contribution in [0.4, 0.5) is 5.69 Å². The molecular formula is C18H18ClN5OS. The van der Waals surface area contributed by atoms with Gasteiger partial charge in [-0.3, -0.25) is 9.78 Å².